The predicted octanol–water partition coefficient (Wildman–Crippen LogP) is 4.60. The van der Waals surface area contributed by atoms with E-state index in [4.69, 9.17) is 16.7 Å². The zero-order valence-electron chi connectivity index (χ0n) is 16.1. The first-order chi connectivity index (χ1) is 14.4. The van der Waals surface area contributed by atoms with Gasteiger partial charge < -0.3 is 15.7 Å². The van der Waals surface area contributed by atoms with Crippen molar-refractivity contribution in [1.29, 1.82) is 0 Å². The van der Waals surface area contributed by atoms with Crippen LogP contribution in [0.1, 0.15) is 11.3 Å². The van der Waals surface area contributed by atoms with Crippen LogP contribution in [0, 0.1) is 19.7 Å². The number of hydrogen-bond donors (Lipinski definition) is 3. The van der Waals surface area contributed by atoms with E-state index < -0.39 is 5.82 Å². The molecule has 3 aromatic heterocycles. The van der Waals surface area contributed by atoms with E-state index in [9.17, 15) is 4.39 Å². The Balaban J connectivity index is 1.60. The molecule has 0 aliphatic rings. The van der Waals surface area contributed by atoms with Crippen molar-refractivity contribution >= 4 is 34.9 Å². The molecule has 4 aromatic rings. The van der Waals surface area contributed by atoms with E-state index in [1.807, 2.05) is 13.8 Å². The van der Waals surface area contributed by atoms with E-state index in [0.717, 1.165) is 16.8 Å². The van der Waals surface area contributed by atoms with Crippen LogP contribution in [0.4, 0.5) is 27.7 Å². The van der Waals surface area contributed by atoms with Crippen LogP contribution in [0.5, 0.6) is 5.88 Å². The first-order valence-corrected chi connectivity index (χ1v) is 9.33. The zero-order chi connectivity index (χ0) is 21.3. The van der Waals surface area contributed by atoms with E-state index in [2.05, 4.69) is 35.8 Å². The molecule has 0 saturated carbocycles. The number of aromatic amines is 1. The van der Waals surface area contributed by atoms with Crippen molar-refractivity contribution in [2.75, 3.05) is 10.6 Å². The Morgan fingerprint density at radius 1 is 1.07 bits per heavy atom. The maximum Gasteiger partial charge on any atom is 0.356 e. The molecule has 0 bridgehead atoms. The molecule has 3 heterocycles. The number of hydrogen-bond acceptors (Lipinski definition) is 6. The lowest BCUT2D eigenvalue weighted by Crippen LogP contribution is -2.03. The third-order valence-electron chi connectivity index (χ3n) is 4.33. The molecule has 5 N–H and O–H groups in total. The molecule has 0 aliphatic heterocycles. The minimum Gasteiger partial charge on any atom is -0.579 e. The summed E-state index contributed by atoms with van der Waals surface area (Å²) in [5.74, 6) is 0.764. The van der Waals surface area contributed by atoms with Crippen LogP contribution >= 0.6 is 11.6 Å². The SMILES string of the molecule is Cc1cc(Nc2nc(Nc3cc(C)c(-c4ccc([OH2+])nc4)cc3F)ncc2Cl)n[nH]1. The van der Waals surface area contributed by atoms with Crippen LogP contribution in [0.15, 0.2) is 42.7 Å². The maximum absolute atomic E-state index is 14.8. The first kappa shape index (κ1) is 19.6. The van der Waals surface area contributed by atoms with Crippen molar-refractivity contribution in [3.05, 3.63) is 64.8 Å². The van der Waals surface area contributed by atoms with Crippen molar-refractivity contribution in [2.24, 2.45) is 0 Å². The Labute approximate surface area is 176 Å². The fourth-order valence-corrected chi connectivity index (χ4v) is 3.02. The largest absolute Gasteiger partial charge is 0.579 e. The average molecular weight is 427 g/mol. The van der Waals surface area contributed by atoms with Gasteiger partial charge in [0, 0.05) is 23.5 Å². The molecule has 0 spiro atoms. The fourth-order valence-electron chi connectivity index (χ4n) is 2.88. The average Bonchev–Trinajstić information content (AvgIpc) is 3.12. The summed E-state index contributed by atoms with van der Waals surface area (Å²) in [5, 5.41) is 20.6. The number of anilines is 4. The van der Waals surface area contributed by atoms with Crippen molar-refractivity contribution in [1.82, 2.24) is 25.1 Å². The summed E-state index contributed by atoms with van der Waals surface area (Å²) >= 11 is 6.17. The third kappa shape index (κ3) is 4.15. The number of halogens is 2. The zero-order valence-corrected chi connectivity index (χ0v) is 16.8. The lowest BCUT2D eigenvalue weighted by atomic mass is 10.0. The number of H-pyrrole nitrogens is 1. The number of nitrogens with zero attached hydrogens (tertiary/aromatic N) is 4. The fraction of sp³-hybridized carbons (Fsp3) is 0.100. The molecule has 30 heavy (non-hydrogen) atoms. The number of benzene rings is 1. The monoisotopic (exact) mass is 426 g/mol. The Kier molecular flexibility index (Phi) is 5.20. The van der Waals surface area contributed by atoms with Gasteiger partial charge in [0.25, 0.3) is 0 Å². The van der Waals surface area contributed by atoms with Gasteiger partial charge in [-0.3, -0.25) is 5.10 Å². The molecular weight excluding hydrogens is 409 g/mol. The molecule has 10 heteroatoms. The Morgan fingerprint density at radius 3 is 2.60 bits per heavy atom. The third-order valence-corrected chi connectivity index (χ3v) is 4.61. The standard InChI is InChI=1S/C20H17ClFN7O/c1-10-5-16(15(22)7-13(10)12-3-4-18(30)23-8-12)25-20-24-9-14(21)19(27-20)26-17-6-11(2)28-29-17/h3-9H,1-2H3,(H,23,30)(H3,24,25,26,27,28,29)/p+1. The molecule has 1 aromatic carbocycles. The molecule has 0 amide bonds. The highest BCUT2D eigenvalue weighted by molar-refractivity contribution is 6.32. The van der Waals surface area contributed by atoms with Crippen LogP contribution in [-0.2, 0) is 0 Å². The molecule has 0 unspecified atom stereocenters. The van der Waals surface area contributed by atoms with Crippen LogP contribution in [0.25, 0.3) is 11.1 Å². The molecule has 4 rings (SSSR count). The quantitative estimate of drug-likeness (QED) is 0.402. The Hall–Kier alpha value is -3.72. The molecule has 152 valence electrons. The Morgan fingerprint density at radius 2 is 1.90 bits per heavy atom. The van der Waals surface area contributed by atoms with E-state index in [1.165, 1.54) is 12.3 Å². The van der Waals surface area contributed by atoms with Crippen LogP contribution in [0.3, 0.4) is 0 Å². The maximum atomic E-state index is 14.8. The molecule has 0 atom stereocenters. The van der Waals surface area contributed by atoms with Gasteiger partial charge in [-0.05, 0) is 43.2 Å². The van der Waals surface area contributed by atoms with E-state index in [0.29, 0.717) is 22.2 Å². The van der Waals surface area contributed by atoms with Gasteiger partial charge >= 0.3 is 5.88 Å². The van der Waals surface area contributed by atoms with Crippen LogP contribution in [0.2, 0.25) is 5.02 Å². The summed E-state index contributed by atoms with van der Waals surface area (Å²) in [5.41, 5.74) is 3.37. The summed E-state index contributed by atoms with van der Waals surface area (Å²) in [4.78, 5) is 12.4. The second kappa shape index (κ2) is 7.96. The van der Waals surface area contributed by atoms with Gasteiger partial charge in [0.1, 0.15) is 10.8 Å². The number of rotatable bonds is 5. The van der Waals surface area contributed by atoms with E-state index >= 15 is 0 Å². The highest BCUT2D eigenvalue weighted by Gasteiger charge is 2.13. The van der Waals surface area contributed by atoms with Gasteiger partial charge in [-0.25, -0.2) is 9.37 Å². The lowest BCUT2D eigenvalue weighted by molar-refractivity contribution is 0.453. The highest BCUT2D eigenvalue weighted by atomic mass is 35.5. The van der Waals surface area contributed by atoms with Crippen molar-refractivity contribution in [3.63, 3.8) is 0 Å². The Bertz CT molecular complexity index is 1210. The first-order valence-electron chi connectivity index (χ1n) is 8.96. The molecular formula is C20H18ClFN7O+. The lowest BCUT2D eigenvalue weighted by Gasteiger charge is -2.12. The minimum absolute atomic E-state index is 0.157. The minimum atomic E-state index is -0.471. The van der Waals surface area contributed by atoms with E-state index in [1.54, 1.807) is 30.5 Å². The number of aromatic nitrogens is 5. The molecule has 0 fully saturated rings. The predicted molar refractivity (Wildman–Crippen MR) is 114 cm³/mol. The normalized spacial score (nSPS) is 10.8. The molecule has 8 nitrogen and oxygen atoms in total. The summed E-state index contributed by atoms with van der Waals surface area (Å²) in [6.07, 6.45) is 2.97. The second-order valence-corrected chi connectivity index (χ2v) is 7.06. The van der Waals surface area contributed by atoms with Gasteiger partial charge in [-0.2, -0.15) is 15.1 Å². The second-order valence-electron chi connectivity index (χ2n) is 6.66. The van der Waals surface area contributed by atoms with Gasteiger partial charge in [0.15, 0.2) is 11.6 Å². The van der Waals surface area contributed by atoms with Gasteiger partial charge in [-0.15, -0.1) is 0 Å². The molecule has 0 radical (unpaired) electrons. The number of aryl methyl sites for hydroxylation is 2. The van der Waals surface area contributed by atoms with Crippen molar-refractivity contribution < 1.29 is 9.50 Å². The summed E-state index contributed by atoms with van der Waals surface area (Å²) in [6, 6.07) is 8.19. The van der Waals surface area contributed by atoms with Crippen LogP contribution in [-0.4, -0.2) is 30.3 Å². The molecule has 0 saturated heterocycles. The summed E-state index contributed by atoms with van der Waals surface area (Å²) in [7, 11) is 0. The summed E-state index contributed by atoms with van der Waals surface area (Å²) < 4.78 is 14.8. The van der Waals surface area contributed by atoms with Gasteiger partial charge in [0.05, 0.1) is 18.0 Å². The van der Waals surface area contributed by atoms with E-state index in [-0.39, 0.29) is 17.5 Å². The summed E-state index contributed by atoms with van der Waals surface area (Å²) in [6.45, 7) is 3.74. The number of pyridine rings is 1. The molecule has 0 aliphatic carbocycles. The topological polar surface area (TPSA) is 114 Å². The van der Waals surface area contributed by atoms with Crippen molar-refractivity contribution in [2.45, 2.75) is 13.8 Å². The van der Waals surface area contributed by atoms with Crippen molar-refractivity contribution in [3.8, 4) is 17.0 Å². The smallest absolute Gasteiger partial charge is 0.356 e. The van der Waals surface area contributed by atoms with Gasteiger partial charge in [0.2, 0.25) is 5.95 Å². The van der Waals surface area contributed by atoms with Gasteiger partial charge in [-0.1, -0.05) is 11.6 Å². The van der Waals surface area contributed by atoms with Crippen LogP contribution < -0.4 is 10.6 Å². The number of nitrogens with one attached hydrogen (secondary N) is 3. The highest BCUT2D eigenvalue weighted by Crippen LogP contribution is 2.30.